The third-order valence-corrected chi connectivity index (χ3v) is 3.95. The fourth-order valence-corrected chi connectivity index (χ4v) is 2.73. The number of nitrogens with two attached hydrogens (primary N) is 1. The summed E-state index contributed by atoms with van der Waals surface area (Å²) in [7, 11) is 0. The molecule has 20 heavy (non-hydrogen) atoms. The molecule has 0 aliphatic rings. The monoisotopic (exact) mass is 328 g/mol. The second-order valence-electron chi connectivity index (χ2n) is 4.57. The van der Waals surface area contributed by atoms with Gasteiger partial charge in [-0.1, -0.05) is 63.6 Å². The first-order chi connectivity index (χ1) is 9.68. The van der Waals surface area contributed by atoms with Gasteiger partial charge in [-0.2, -0.15) is 0 Å². The normalized spacial score (nSPS) is 10.7. The minimum absolute atomic E-state index is 0.338. The Morgan fingerprint density at radius 3 is 2.35 bits per heavy atom. The number of hydrogen-bond acceptors (Lipinski definition) is 3. The van der Waals surface area contributed by atoms with Crippen LogP contribution in [0.4, 0.5) is 5.88 Å². The summed E-state index contributed by atoms with van der Waals surface area (Å²) in [6, 6.07) is 15.9. The summed E-state index contributed by atoms with van der Waals surface area (Å²) in [6.45, 7) is 2.05. The molecule has 2 aromatic carbocycles. The Balaban J connectivity index is 2.26. The number of aryl methyl sites for hydroxylation is 1. The molecule has 0 radical (unpaired) electrons. The first kappa shape index (κ1) is 12.9. The Morgan fingerprint density at radius 1 is 1.00 bits per heavy atom. The van der Waals surface area contributed by atoms with Crippen LogP contribution in [0.2, 0.25) is 0 Å². The molecular weight excluding hydrogens is 316 g/mol. The molecule has 4 heteroatoms. The van der Waals surface area contributed by atoms with Crippen molar-refractivity contribution in [2.24, 2.45) is 0 Å². The molecule has 0 atom stereocenters. The molecule has 100 valence electrons. The molecule has 0 saturated carbocycles. The van der Waals surface area contributed by atoms with Crippen LogP contribution in [0.15, 0.2) is 57.5 Å². The molecule has 1 aromatic heterocycles. The van der Waals surface area contributed by atoms with Crippen molar-refractivity contribution < 1.29 is 4.52 Å². The maximum atomic E-state index is 5.99. The highest BCUT2D eigenvalue weighted by atomic mass is 79.9. The fourth-order valence-electron chi connectivity index (χ4n) is 2.25. The summed E-state index contributed by atoms with van der Waals surface area (Å²) < 4.78 is 6.18. The number of aromatic nitrogens is 1. The van der Waals surface area contributed by atoms with Crippen molar-refractivity contribution in [1.29, 1.82) is 0 Å². The number of anilines is 1. The molecule has 0 aliphatic carbocycles. The average Bonchev–Trinajstić information content (AvgIpc) is 2.82. The average molecular weight is 329 g/mol. The van der Waals surface area contributed by atoms with Gasteiger partial charge in [0.25, 0.3) is 0 Å². The van der Waals surface area contributed by atoms with Crippen molar-refractivity contribution in [3.63, 3.8) is 0 Å². The van der Waals surface area contributed by atoms with E-state index >= 15 is 0 Å². The van der Waals surface area contributed by atoms with E-state index in [1.807, 2.05) is 55.5 Å². The van der Waals surface area contributed by atoms with Gasteiger partial charge in [0.2, 0.25) is 5.88 Å². The molecule has 0 bridgehead atoms. The van der Waals surface area contributed by atoms with Crippen LogP contribution in [0, 0.1) is 6.92 Å². The highest BCUT2D eigenvalue weighted by Crippen LogP contribution is 2.39. The van der Waals surface area contributed by atoms with Crippen molar-refractivity contribution in [2.75, 3.05) is 5.73 Å². The van der Waals surface area contributed by atoms with Gasteiger partial charge >= 0.3 is 0 Å². The predicted molar refractivity (Wildman–Crippen MR) is 84.2 cm³/mol. The molecule has 0 amide bonds. The number of nitrogens with zero attached hydrogens (tertiary/aromatic N) is 1. The Kier molecular flexibility index (Phi) is 3.32. The molecule has 0 fully saturated rings. The summed E-state index contributed by atoms with van der Waals surface area (Å²) in [5.74, 6) is 0.338. The number of halogens is 1. The first-order valence-corrected chi connectivity index (χ1v) is 7.04. The van der Waals surface area contributed by atoms with Crippen LogP contribution in [0.25, 0.3) is 22.4 Å². The standard InChI is InChI=1S/C16H13BrN2O/c1-10-6-2-3-7-11(10)14-15(19-20-16(14)18)12-8-4-5-9-13(12)17/h2-9H,18H2,1H3. The van der Waals surface area contributed by atoms with Crippen LogP contribution >= 0.6 is 15.9 Å². The maximum Gasteiger partial charge on any atom is 0.230 e. The van der Waals surface area contributed by atoms with Gasteiger partial charge in [-0.25, -0.2) is 0 Å². The lowest BCUT2D eigenvalue weighted by Gasteiger charge is -2.07. The highest BCUT2D eigenvalue weighted by Gasteiger charge is 2.19. The largest absolute Gasteiger partial charge is 0.367 e. The molecule has 3 rings (SSSR count). The van der Waals surface area contributed by atoms with Crippen molar-refractivity contribution in [2.45, 2.75) is 6.92 Å². The third-order valence-electron chi connectivity index (χ3n) is 3.26. The zero-order chi connectivity index (χ0) is 14.1. The summed E-state index contributed by atoms with van der Waals surface area (Å²) in [6.07, 6.45) is 0. The van der Waals surface area contributed by atoms with E-state index in [1.54, 1.807) is 0 Å². The highest BCUT2D eigenvalue weighted by molar-refractivity contribution is 9.10. The molecule has 0 unspecified atom stereocenters. The van der Waals surface area contributed by atoms with E-state index in [-0.39, 0.29) is 0 Å². The molecular formula is C16H13BrN2O. The lowest BCUT2D eigenvalue weighted by atomic mass is 9.97. The van der Waals surface area contributed by atoms with E-state index in [1.165, 1.54) is 0 Å². The zero-order valence-corrected chi connectivity index (χ0v) is 12.5. The zero-order valence-electron chi connectivity index (χ0n) is 10.9. The van der Waals surface area contributed by atoms with E-state index < -0.39 is 0 Å². The van der Waals surface area contributed by atoms with E-state index in [0.717, 1.165) is 32.4 Å². The van der Waals surface area contributed by atoms with E-state index in [2.05, 4.69) is 21.1 Å². The third kappa shape index (κ3) is 2.12. The van der Waals surface area contributed by atoms with Crippen LogP contribution in [0.3, 0.4) is 0 Å². The van der Waals surface area contributed by atoms with Gasteiger partial charge in [0.15, 0.2) is 0 Å². The minimum atomic E-state index is 0.338. The number of rotatable bonds is 2. The summed E-state index contributed by atoms with van der Waals surface area (Å²) in [5, 5.41) is 4.13. The molecule has 1 heterocycles. The molecule has 3 nitrogen and oxygen atoms in total. The lowest BCUT2D eigenvalue weighted by molar-refractivity contribution is 0.439. The molecule has 0 spiro atoms. The van der Waals surface area contributed by atoms with E-state index in [9.17, 15) is 0 Å². The lowest BCUT2D eigenvalue weighted by Crippen LogP contribution is -1.90. The summed E-state index contributed by atoms with van der Waals surface area (Å²) in [4.78, 5) is 0. The van der Waals surface area contributed by atoms with Gasteiger partial charge < -0.3 is 10.3 Å². The quantitative estimate of drug-likeness (QED) is 0.744. The summed E-state index contributed by atoms with van der Waals surface area (Å²) in [5.41, 5.74) is 10.7. The topological polar surface area (TPSA) is 52.0 Å². The Hall–Kier alpha value is -2.07. The van der Waals surface area contributed by atoms with Gasteiger partial charge in [0.1, 0.15) is 5.69 Å². The minimum Gasteiger partial charge on any atom is -0.367 e. The van der Waals surface area contributed by atoms with Crippen molar-refractivity contribution in [1.82, 2.24) is 5.16 Å². The first-order valence-electron chi connectivity index (χ1n) is 6.24. The van der Waals surface area contributed by atoms with Crippen LogP contribution in [-0.2, 0) is 0 Å². The van der Waals surface area contributed by atoms with Crippen LogP contribution < -0.4 is 5.73 Å². The Labute approximate surface area is 125 Å². The molecule has 2 N–H and O–H groups in total. The van der Waals surface area contributed by atoms with Crippen LogP contribution in [0.5, 0.6) is 0 Å². The Bertz CT molecular complexity index is 765. The van der Waals surface area contributed by atoms with Crippen molar-refractivity contribution in [3.05, 3.63) is 58.6 Å². The van der Waals surface area contributed by atoms with Crippen LogP contribution in [0.1, 0.15) is 5.56 Å². The van der Waals surface area contributed by atoms with Crippen LogP contribution in [-0.4, -0.2) is 5.16 Å². The van der Waals surface area contributed by atoms with Gasteiger partial charge in [0, 0.05) is 10.0 Å². The smallest absolute Gasteiger partial charge is 0.230 e. The van der Waals surface area contributed by atoms with E-state index in [4.69, 9.17) is 10.3 Å². The van der Waals surface area contributed by atoms with Gasteiger partial charge in [0.05, 0.1) is 5.56 Å². The fraction of sp³-hybridized carbons (Fsp3) is 0.0625. The second kappa shape index (κ2) is 5.13. The Morgan fingerprint density at radius 2 is 1.65 bits per heavy atom. The number of benzene rings is 2. The van der Waals surface area contributed by atoms with E-state index in [0.29, 0.717) is 5.88 Å². The van der Waals surface area contributed by atoms with Gasteiger partial charge in [-0.15, -0.1) is 0 Å². The van der Waals surface area contributed by atoms with Gasteiger partial charge in [-0.05, 0) is 24.1 Å². The SMILES string of the molecule is Cc1ccccc1-c1c(-c2ccccc2Br)noc1N. The molecule has 0 aliphatic heterocycles. The van der Waals surface area contributed by atoms with Crippen molar-refractivity contribution in [3.8, 4) is 22.4 Å². The maximum absolute atomic E-state index is 5.99. The summed E-state index contributed by atoms with van der Waals surface area (Å²) >= 11 is 3.55. The molecule has 0 saturated heterocycles. The van der Waals surface area contributed by atoms with Gasteiger partial charge in [-0.3, -0.25) is 0 Å². The number of hydrogen-bond donors (Lipinski definition) is 1. The second-order valence-corrected chi connectivity index (χ2v) is 5.42. The van der Waals surface area contributed by atoms with Crippen molar-refractivity contribution >= 4 is 21.8 Å². The predicted octanol–water partition coefficient (Wildman–Crippen LogP) is 4.66. The molecule has 3 aromatic rings. The number of nitrogen functional groups attached to an aromatic ring is 1.